The van der Waals surface area contributed by atoms with Crippen LogP contribution in [0.5, 0.6) is 0 Å². The van der Waals surface area contributed by atoms with Crippen molar-refractivity contribution in [3.63, 3.8) is 0 Å². The van der Waals surface area contributed by atoms with E-state index in [-0.39, 0.29) is 23.7 Å². The summed E-state index contributed by atoms with van der Waals surface area (Å²) in [5.74, 6) is 0.210. The number of rotatable bonds is 12. The van der Waals surface area contributed by atoms with Gasteiger partial charge in [0.1, 0.15) is 11.9 Å². The third-order valence-electron chi connectivity index (χ3n) is 4.97. The third kappa shape index (κ3) is 7.32. The van der Waals surface area contributed by atoms with Gasteiger partial charge in [0.15, 0.2) is 0 Å². The van der Waals surface area contributed by atoms with Gasteiger partial charge in [0.05, 0.1) is 25.9 Å². The van der Waals surface area contributed by atoms with Gasteiger partial charge in [-0.25, -0.2) is 4.79 Å². The number of anilines is 1. The Labute approximate surface area is 182 Å². The second-order valence-electron chi connectivity index (χ2n) is 7.23. The average Bonchev–Trinajstić information content (AvgIpc) is 2.80. The molecule has 3 rings (SSSR count). The van der Waals surface area contributed by atoms with Crippen molar-refractivity contribution in [3.8, 4) is 0 Å². The Morgan fingerprint density at radius 1 is 0.935 bits per heavy atom. The molecule has 31 heavy (non-hydrogen) atoms. The van der Waals surface area contributed by atoms with Gasteiger partial charge in [-0.1, -0.05) is 60.7 Å². The number of aryl methyl sites for hydroxylation is 1. The SMILES string of the molecule is CO[C@H](COCc1ccccc1)[C@H](CCn1ccc(N)nc1=O)OCc1ccccc1. The van der Waals surface area contributed by atoms with Crippen molar-refractivity contribution in [2.45, 2.75) is 38.4 Å². The summed E-state index contributed by atoms with van der Waals surface area (Å²) in [6, 6.07) is 21.5. The molecule has 164 valence electrons. The van der Waals surface area contributed by atoms with E-state index in [2.05, 4.69) is 4.98 Å². The van der Waals surface area contributed by atoms with Crippen molar-refractivity contribution in [1.82, 2.24) is 9.55 Å². The van der Waals surface area contributed by atoms with Gasteiger partial charge in [-0.3, -0.25) is 4.57 Å². The molecule has 1 aromatic heterocycles. The lowest BCUT2D eigenvalue weighted by Crippen LogP contribution is -2.36. The Morgan fingerprint density at radius 2 is 1.58 bits per heavy atom. The standard InChI is InChI=1S/C24H29N3O4/c1-29-22(18-30-16-19-8-4-2-5-9-19)21(31-17-20-10-6-3-7-11-20)12-14-27-15-13-23(25)26-24(27)28/h2-11,13,15,21-22H,12,14,16-18H2,1H3,(H2,25,26,28)/t21-,22+/m0/s1. The molecule has 2 atom stereocenters. The normalized spacial score (nSPS) is 13.1. The highest BCUT2D eigenvalue weighted by Gasteiger charge is 2.23. The first-order valence-corrected chi connectivity index (χ1v) is 10.3. The summed E-state index contributed by atoms with van der Waals surface area (Å²) in [7, 11) is 1.65. The van der Waals surface area contributed by atoms with Crippen LogP contribution in [-0.4, -0.2) is 35.5 Å². The van der Waals surface area contributed by atoms with Gasteiger partial charge in [-0.05, 0) is 23.6 Å². The van der Waals surface area contributed by atoms with E-state index in [1.807, 2.05) is 60.7 Å². The predicted molar refractivity (Wildman–Crippen MR) is 119 cm³/mol. The Balaban J connectivity index is 1.63. The quantitative estimate of drug-likeness (QED) is 0.482. The number of hydrogen-bond donors (Lipinski definition) is 1. The third-order valence-corrected chi connectivity index (χ3v) is 4.97. The molecule has 0 spiro atoms. The van der Waals surface area contributed by atoms with Gasteiger partial charge < -0.3 is 19.9 Å². The molecule has 2 N–H and O–H groups in total. The highest BCUT2D eigenvalue weighted by molar-refractivity contribution is 5.23. The van der Waals surface area contributed by atoms with E-state index in [1.54, 1.807) is 19.4 Å². The number of hydrogen-bond acceptors (Lipinski definition) is 6. The molecule has 0 aliphatic carbocycles. The molecule has 0 bridgehead atoms. The summed E-state index contributed by atoms with van der Waals surface area (Å²) in [4.78, 5) is 15.9. The average molecular weight is 424 g/mol. The zero-order chi connectivity index (χ0) is 21.9. The van der Waals surface area contributed by atoms with Crippen LogP contribution in [0.4, 0.5) is 5.82 Å². The zero-order valence-corrected chi connectivity index (χ0v) is 17.7. The zero-order valence-electron chi connectivity index (χ0n) is 17.7. The van der Waals surface area contributed by atoms with Crippen LogP contribution in [0.25, 0.3) is 0 Å². The Bertz CT molecular complexity index is 963. The summed E-state index contributed by atoms with van der Waals surface area (Å²) in [5, 5.41) is 0. The van der Waals surface area contributed by atoms with Crippen molar-refractivity contribution < 1.29 is 14.2 Å². The van der Waals surface area contributed by atoms with Crippen LogP contribution < -0.4 is 11.4 Å². The fourth-order valence-corrected chi connectivity index (χ4v) is 3.23. The maximum absolute atomic E-state index is 12.1. The van der Waals surface area contributed by atoms with E-state index in [0.29, 0.717) is 32.8 Å². The summed E-state index contributed by atoms with van der Waals surface area (Å²) in [6.45, 7) is 1.75. The number of aromatic nitrogens is 2. The molecule has 0 unspecified atom stereocenters. The minimum atomic E-state index is -0.379. The highest BCUT2D eigenvalue weighted by Crippen LogP contribution is 2.14. The molecule has 7 heteroatoms. The monoisotopic (exact) mass is 423 g/mol. The number of benzene rings is 2. The molecule has 0 aliphatic heterocycles. The molecular formula is C24H29N3O4. The molecule has 2 aromatic carbocycles. The van der Waals surface area contributed by atoms with Crippen LogP contribution in [0.1, 0.15) is 17.5 Å². The van der Waals surface area contributed by atoms with E-state index in [0.717, 1.165) is 11.1 Å². The lowest BCUT2D eigenvalue weighted by molar-refractivity contribution is -0.101. The predicted octanol–water partition coefficient (Wildman–Crippen LogP) is 3.03. The Morgan fingerprint density at radius 3 is 2.19 bits per heavy atom. The van der Waals surface area contributed by atoms with Crippen LogP contribution in [-0.2, 0) is 34.0 Å². The van der Waals surface area contributed by atoms with Gasteiger partial charge in [0, 0.05) is 19.9 Å². The number of nitrogens with zero attached hydrogens (tertiary/aromatic N) is 2. The molecular weight excluding hydrogens is 394 g/mol. The van der Waals surface area contributed by atoms with Crippen molar-refractivity contribution in [2.75, 3.05) is 19.5 Å². The van der Waals surface area contributed by atoms with Gasteiger partial charge in [-0.15, -0.1) is 0 Å². The minimum absolute atomic E-state index is 0.210. The maximum atomic E-state index is 12.1. The molecule has 1 heterocycles. The fraction of sp³-hybridized carbons (Fsp3) is 0.333. The molecule has 0 amide bonds. The van der Waals surface area contributed by atoms with E-state index in [1.165, 1.54) is 4.57 Å². The van der Waals surface area contributed by atoms with Gasteiger partial charge in [0.2, 0.25) is 0 Å². The largest absolute Gasteiger partial charge is 0.383 e. The minimum Gasteiger partial charge on any atom is -0.383 e. The fourth-order valence-electron chi connectivity index (χ4n) is 3.23. The van der Waals surface area contributed by atoms with Gasteiger partial charge in [0.25, 0.3) is 0 Å². The van der Waals surface area contributed by atoms with Crippen LogP contribution in [0.3, 0.4) is 0 Å². The first-order chi connectivity index (χ1) is 15.2. The van der Waals surface area contributed by atoms with Crippen LogP contribution in [0.15, 0.2) is 77.7 Å². The second-order valence-corrected chi connectivity index (χ2v) is 7.23. The van der Waals surface area contributed by atoms with Crippen LogP contribution >= 0.6 is 0 Å². The maximum Gasteiger partial charge on any atom is 0.349 e. The first-order valence-electron chi connectivity index (χ1n) is 10.3. The molecule has 0 radical (unpaired) electrons. The van der Waals surface area contributed by atoms with Crippen molar-refractivity contribution >= 4 is 5.82 Å². The van der Waals surface area contributed by atoms with E-state index >= 15 is 0 Å². The van der Waals surface area contributed by atoms with Crippen molar-refractivity contribution in [1.29, 1.82) is 0 Å². The van der Waals surface area contributed by atoms with Crippen LogP contribution in [0, 0.1) is 0 Å². The topological polar surface area (TPSA) is 88.6 Å². The Hall–Kier alpha value is -3.00. The molecule has 0 saturated carbocycles. The van der Waals surface area contributed by atoms with Gasteiger partial charge >= 0.3 is 5.69 Å². The summed E-state index contributed by atoms with van der Waals surface area (Å²) in [6.07, 6.45) is 1.65. The van der Waals surface area contributed by atoms with Gasteiger partial charge in [-0.2, -0.15) is 4.98 Å². The number of ether oxygens (including phenoxy) is 3. The molecule has 0 aliphatic rings. The Kier molecular flexibility index (Phi) is 8.78. The lowest BCUT2D eigenvalue weighted by Gasteiger charge is -2.26. The summed E-state index contributed by atoms with van der Waals surface area (Å²) < 4.78 is 19.3. The first kappa shape index (κ1) is 22.7. The highest BCUT2D eigenvalue weighted by atomic mass is 16.6. The lowest BCUT2D eigenvalue weighted by atomic mass is 10.1. The summed E-state index contributed by atoms with van der Waals surface area (Å²) in [5.41, 5.74) is 7.37. The molecule has 7 nitrogen and oxygen atoms in total. The number of methoxy groups -OCH3 is 1. The van der Waals surface area contributed by atoms with E-state index in [4.69, 9.17) is 19.9 Å². The van der Waals surface area contributed by atoms with E-state index < -0.39 is 0 Å². The molecule has 0 fully saturated rings. The smallest absolute Gasteiger partial charge is 0.349 e. The second kappa shape index (κ2) is 12.0. The van der Waals surface area contributed by atoms with Crippen molar-refractivity contribution in [3.05, 3.63) is 94.5 Å². The number of nitrogens with two attached hydrogens (primary N) is 1. The van der Waals surface area contributed by atoms with Crippen molar-refractivity contribution in [2.24, 2.45) is 0 Å². The molecule has 3 aromatic rings. The number of nitrogen functional groups attached to an aromatic ring is 1. The van der Waals surface area contributed by atoms with Crippen LogP contribution in [0.2, 0.25) is 0 Å². The van der Waals surface area contributed by atoms with E-state index in [9.17, 15) is 4.79 Å². The summed E-state index contributed by atoms with van der Waals surface area (Å²) >= 11 is 0. The molecule has 0 saturated heterocycles.